The molecular formula is C11H15. The first-order valence-electron chi connectivity index (χ1n) is 4.15. The lowest BCUT2D eigenvalue weighted by atomic mass is 9.99. The summed E-state index contributed by atoms with van der Waals surface area (Å²) in [6.45, 7) is 6.64. The highest BCUT2D eigenvalue weighted by atomic mass is 14.0. The highest BCUT2D eigenvalue weighted by Crippen LogP contribution is 2.11. The van der Waals surface area contributed by atoms with Gasteiger partial charge < -0.3 is 0 Å². The molecule has 0 aliphatic heterocycles. The first-order valence-corrected chi connectivity index (χ1v) is 4.15. The summed E-state index contributed by atoms with van der Waals surface area (Å²) in [7, 11) is 0. The standard InChI is InChI=1S/C11H15/c1-9(2)8-11-7-5-4-6-10(11)3/h4,6-7,9H,8H2,1-3H3. The van der Waals surface area contributed by atoms with Crippen molar-refractivity contribution in [2.45, 2.75) is 27.2 Å². The van der Waals surface area contributed by atoms with Crippen LogP contribution >= 0.6 is 0 Å². The maximum atomic E-state index is 3.11. The molecule has 1 radical (unpaired) electrons. The Bertz CT molecular complexity index is 223. The Morgan fingerprint density at radius 3 is 2.73 bits per heavy atom. The van der Waals surface area contributed by atoms with Crippen molar-refractivity contribution in [1.82, 2.24) is 0 Å². The minimum atomic E-state index is 0.740. The Morgan fingerprint density at radius 2 is 2.18 bits per heavy atom. The van der Waals surface area contributed by atoms with Gasteiger partial charge in [0.05, 0.1) is 0 Å². The Balaban J connectivity index is 2.78. The van der Waals surface area contributed by atoms with Crippen LogP contribution in [-0.4, -0.2) is 0 Å². The van der Waals surface area contributed by atoms with Crippen molar-refractivity contribution in [3.63, 3.8) is 0 Å². The normalized spacial score (nSPS) is 10.5. The van der Waals surface area contributed by atoms with Crippen LogP contribution in [0, 0.1) is 18.9 Å². The Labute approximate surface area is 69.3 Å². The van der Waals surface area contributed by atoms with Crippen molar-refractivity contribution in [3.05, 3.63) is 35.4 Å². The van der Waals surface area contributed by atoms with Crippen molar-refractivity contribution in [1.29, 1.82) is 0 Å². The average molecular weight is 147 g/mol. The number of aryl methyl sites for hydroxylation is 1. The molecular weight excluding hydrogens is 132 g/mol. The Kier molecular flexibility index (Phi) is 2.70. The van der Waals surface area contributed by atoms with E-state index >= 15 is 0 Å². The van der Waals surface area contributed by atoms with Crippen molar-refractivity contribution in [2.75, 3.05) is 0 Å². The quantitative estimate of drug-likeness (QED) is 0.603. The summed E-state index contributed by atoms with van der Waals surface area (Å²) < 4.78 is 0. The molecule has 0 unspecified atom stereocenters. The zero-order chi connectivity index (χ0) is 8.27. The van der Waals surface area contributed by atoms with Crippen molar-refractivity contribution < 1.29 is 0 Å². The molecule has 0 bridgehead atoms. The van der Waals surface area contributed by atoms with E-state index in [-0.39, 0.29) is 0 Å². The van der Waals surface area contributed by atoms with Gasteiger partial charge in [0.2, 0.25) is 0 Å². The fourth-order valence-corrected chi connectivity index (χ4v) is 1.20. The van der Waals surface area contributed by atoms with Crippen molar-refractivity contribution >= 4 is 0 Å². The fourth-order valence-electron chi connectivity index (χ4n) is 1.20. The molecule has 0 amide bonds. The zero-order valence-electron chi connectivity index (χ0n) is 7.52. The van der Waals surface area contributed by atoms with Gasteiger partial charge in [0.25, 0.3) is 0 Å². The molecule has 0 saturated carbocycles. The van der Waals surface area contributed by atoms with Gasteiger partial charge in [-0.3, -0.25) is 0 Å². The van der Waals surface area contributed by atoms with Crippen LogP contribution in [-0.2, 0) is 6.42 Å². The summed E-state index contributed by atoms with van der Waals surface area (Å²) >= 11 is 0. The van der Waals surface area contributed by atoms with Crippen molar-refractivity contribution in [2.24, 2.45) is 5.92 Å². The molecule has 0 aliphatic rings. The molecule has 0 nitrogen and oxygen atoms in total. The summed E-state index contributed by atoms with van der Waals surface area (Å²) in [5, 5.41) is 0. The summed E-state index contributed by atoms with van der Waals surface area (Å²) in [6.07, 6.45) is 1.17. The first kappa shape index (κ1) is 8.32. The maximum Gasteiger partial charge on any atom is -0.0181 e. The highest BCUT2D eigenvalue weighted by molar-refractivity contribution is 5.24. The summed E-state index contributed by atoms with van der Waals surface area (Å²) in [4.78, 5) is 0. The van der Waals surface area contributed by atoms with E-state index in [2.05, 4.69) is 39.0 Å². The van der Waals surface area contributed by atoms with Crippen LogP contribution < -0.4 is 0 Å². The van der Waals surface area contributed by atoms with Gasteiger partial charge in [-0.1, -0.05) is 32.0 Å². The third-order valence-electron chi connectivity index (χ3n) is 1.82. The van der Waals surface area contributed by atoms with Gasteiger partial charge >= 0.3 is 0 Å². The smallest absolute Gasteiger partial charge is 0.0181 e. The largest absolute Gasteiger partial charge is 0.0625 e. The molecule has 1 aromatic carbocycles. The van der Waals surface area contributed by atoms with Crippen molar-refractivity contribution in [3.8, 4) is 0 Å². The number of hydrogen-bond acceptors (Lipinski definition) is 0. The van der Waals surface area contributed by atoms with Crippen LogP contribution in [0.1, 0.15) is 25.0 Å². The van der Waals surface area contributed by atoms with Gasteiger partial charge in [-0.25, -0.2) is 0 Å². The van der Waals surface area contributed by atoms with Gasteiger partial charge in [-0.05, 0) is 36.5 Å². The first-order chi connectivity index (χ1) is 5.20. The lowest BCUT2D eigenvalue weighted by Gasteiger charge is -2.06. The number of benzene rings is 1. The third-order valence-corrected chi connectivity index (χ3v) is 1.82. The minimum absolute atomic E-state index is 0.740. The van der Waals surface area contributed by atoms with Gasteiger partial charge in [0.1, 0.15) is 0 Å². The topological polar surface area (TPSA) is 0 Å². The van der Waals surface area contributed by atoms with E-state index in [1.54, 1.807) is 0 Å². The predicted octanol–water partition coefficient (Wildman–Crippen LogP) is 2.99. The predicted molar refractivity (Wildman–Crippen MR) is 48.6 cm³/mol. The molecule has 0 atom stereocenters. The number of hydrogen-bond donors (Lipinski definition) is 0. The molecule has 1 aromatic rings. The molecule has 0 fully saturated rings. The molecule has 1 rings (SSSR count). The third kappa shape index (κ3) is 2.38. The van der Waals surface area contributed by atoms with Crippen LogP contribution in [0.4, 0.5) is 0 Å². The van der Waals surface area contributed by atoms with E-state index in [0.717, 1.165) is 5.92 Å². The molecule has 59 valence electrons. The van der Waals surface area contributed by atoms with Crippen LogP contribution in [0.25, 0.3) is 0 Å². The summed E-state index contributed by atoms with van der Waals surface area (Å²) in [6, 6.07) is 9.29. The molecule has 0 heterocycles. The Morgan fingerprint density at radius 1 is 1.45 bits per heavy atom. The summed E-state index contributed by atoms with van der Waals surface area (Å²) in [5.74, 6) is 0.740. The molecule has 0 heteroatoms. The second kappa shape index (κ2) is 3.56. The summed E-state index contributed by atoms with van der Waals surface area (Å²) in [5.41, 5.74) is 2.82. The van der Waals surface area contributed by atoms with Gasteiger partial charge in [-0.2, -0.15) is 0 Å². The van der Waals surface area contributed by atoms with Crippen LogP contribution in [0.5, 0.6) is 0 Å². The van der Waals surface area contributed by atoms with E-state index in [1.165, 1.54) is 17.5 Å². The second-order valence-corrected chi connectivity index (χ2v) is 3.45. The molecule has 0 spiro atoms. The highest BCUT2D eigenvalue weighted by Gasteiger charge is 1.99. The monoisotopic (exact) mass is 147 g/mol. The molecule has 0 aromatic heterocycles. The van der Waals surface area contributed by atoms with Gasteiger partial charge in [0, 0.05) is 0 Å². The number of rotatable bonds is 2. The molecule has 0 N–H and O–H groups in total. The van der Waals surface area contributed by atoms with E-state index < -0.39 is 0 Å². The van der Waals surface area contributed by atoms with E-state index in [0.29, 0.717) is 0 Å². The average Bonchev–Trinajstić information content (AvgIpc) is 1.93. The van der Waals surface area contributed by atoms with Crippen LogP contribution in [0.3, 0.4) is 0 Å². The Hall–Kier alpha value is -0.780. The van der Waals surface area contributed by atoms with Crippen LogP contribution in [0.15, 0.2) is 18.2 Å². The minimum Gasteiger partial charge on any atom is -0.0625 e. The van der Waals surface area contributed by atoms with E-state index in [4.69, 9.17) is 0 Å². The lowest BCUT2D eigenvalue weighted by molar-refractivity contribution is 0.645. The van der Waals surface area contributed by atoms with Gasteiger partial charge in [0.15, 0.2) is 0 Å². The molecule has 0 saturated heterocycles. The molecule has 0 aliphatic carbocycles. The maximum absolute atomic E-state index is 3.11. The zero-order valence-corrected chi connectivity index (χ0v) is 7.52. The van der Waals surface area contributed by atoms with E-state index in [9.17, 15) is 0 Å². The van der Waals surface area contributed by atoms with Gasteiger partial charge in [-0.15, -0.1) is 0 Å². The molecule has 11 heavy (non-hydrogen) atoms. The van der Waals surface area contributed by atoms with Crippen LogP contribution in [0.2, 0.25) is 0 Å². The second-order valence-electron chi connectivity index (χ2n) is 3.45. The fraction of sp³-hybridized carbons (Fsp3) is 0.455. The van der Waals surface area contributed by atoms with E-state index in [1.807, 2.05) is 6.07 Å². The lowest BCUT2D eigenvalue weighted by Crippen LogP contribution is -1.95. The SMILES string of the molecule is Cc1cc[c]cc1CC(C)C.